The second kappa shape index (κ2) is 7.96. The number of piperazine rings is 1. The normalized spacial score (nSPS) is 17.4. The van der Waals surface area contributed by atoms with Gasteiger partial charge in [-0.1, -0.05) is 25.1 Å². The molecule has 3 rings (SSSR count). The SMILES string of the molecule is CCN(CC)S(=O)(=O)N1CCN(Cc2cc(-c3cccs3)on2)CC1. The quantitative estimate of drug-likeness (QED) is 0.731. The Morgan fingerprint density at radius 2 is 1.96 bits per heavy atom. The minimum atomic E-state index is -3.34. The molecule has 9 heteroatoms. The molecule has 7 nitrogen and oxygen atoms in total. The molecule has 1 aliphatic rings. The maximum Gasteiger partial charge on any atom is 0.282 e. The van der Waals surface area contributed by atoms with Crippen molar-refractivity contribution in [3.8, 4) is 10.6 Å². The monoisotopic (exact) mass is 384 g/mol. The lowest BCUT2D eigenvalue weighted by molar-refractivity contribution is 0.172. The molecular weight excluding hydrogens is 360 g/mol. The van der Waals surface area contributed by atoms with Gasteiger partial charge in [0.2, 0.25) is 0 Å². The van der Waals surface area contributed by atoms with Gasteiger partial charge in [0, 0.05) is 51.9 Å². The van der Waals surface area contributed by atoms with Gasteiger partial charge < -0.3 is 4.52 Å². The van der Waals surface area contributed by atoms with Crippen molar-refractivity contribution < 1.29 is 12.9 Å². The molecule has 0 aromatic carbocycles. The van der Waals surface area contributed by atoms with Crippen molar-refractivity contribution in [1.82, 2.24) is 18.7 Å². The summed E-state index contributed by atoms with van der Waals surface area (Å²) in [7, 11) is -3.34. The van der Waals surface area contributed by atoms with E-state index in [1.807, 2.05) is 37.4 Å². The third-order valence-corrected chi connectivity index (χ3v) is 7.47. The summed E-state index contributed by atoms with van der Waals surface area (Å²) in [5, 5.41) is 6.15. The number of rotatable bonds is 7. The van der Waals surface area contributed by atoms with Crippen LogP contribution in [0.1, 0.15) is 19.5 Å². The molecule has 0 unspecified atom stereocenters. The summed E-state index contributed by atoms with van der Waals surface area (Å²) in [6, 6.07) is 5.95. The lowest BCUT2D eigenvalue weighted by Gasteiger charge is -2.35. The fourth-order valence-corrected chi connectivity index (χ4v) is 5.26. The summed E-state index contributed by atoms with van der Waals surface area (Å²) in [5.41, 5.74) is 0.878. The van der Waals surface area contributed by atoms with Gasteiger partial charge in [-0.15, -0.1) is 11.3 Å². The van der Waals surface area contributed by atoms with E-state index in [4.69, 9.17) is 4.52 Å². The van der Waals surface area contributed by atoms with Crippen molar-refractivity contribution in [3.05, 3.63) is 29.3 Å². The third kappa shape index (κ3) is 4.12. The summed E-state index contributed by atoms with van der Waals surface area (Å²) >= 11 is 1.62. The molecule has 0 spiro atoms. The van der Waals surface area contributed by atoms with Crippen molar-refractivity contribution in [3.63, 3.8) is 0 Å². The highest BCUT2D eigenvalue weighted by Crippen LogP contribution is 2.25. The number of thiophene rings is 1. The van der Waals surface area contributed by atoms with Crippen molar-refractivity contribution in [1.29, 1.82) is 0 Å². The largest absolute Gasteiger partial charge is 0.355 e. The van der Waals surface area contributed by atoms with Crippen molar-refractivity contribution in [2.45, 2.75) is 20.4 Å². The van der Waals surface area contributed by atoms with E-state index >= 15 is 0 Å². The van der Waals surface area contributed by atoms with Gasteiger partial charge >= 0.3 is 0 Å². The van der Waals surface area contributed by atoms with Crippen molar-refractivity contribution in [2.24, 2.45) is 0 Å². The Morgan fingerprint density at radius 3 is 2.56 bits per heavy atom. The molecule has 0 amide bonds. The Bertz CT molecular complexity index is 761. The predicted molar refractivity (Wildman–Crippen MR) is 98.5 cm³/mol. The van der Waals surface area contributed by atoms with Gasteiger partial charge in [0.05, 0.1) is 10.6 Å². The first-order valence-electron chi connectivity index (χ1n) is 8.51. The topological polar surface area (TPSA) is 69.9 Å². The van der Waals surface area contributed by atoms with Crippen LogP contribution < -0.4 is 0 Å². The Balaban J connectivity index is 1.56. The van der Waals surface area contributed by atoms with Crippen LogP contribution in [0.4, 0.5) is 0 Å². The Hall–Kier alpha value is -1.26. The highest BCUT2D eigenvalue weighted by molar-refractivity contribution is 7.86. The minimum Gasteiger partial charge on any atom is -0.355 e. The van der Waals surface area contributed by atoms with Gasteiger partial charge in [0.25, 0.3) is 10.2 Å². The smallest absolute Gasteiger partial charge is 0.282 e. The number of hydrogen-bond acceptors (Lipinski definition) is 6. The number of aromatic nitrogens is 1. The fourth-order valence-electron chi connectivity index (χ4n) is 2.98. The average Bonchev–Trinajstić information content (AvgIpc) is 3.27. The van der Waals surface area contributed by atoms with Crippen LogP contribution in [-0.2, 0) is 16.8 Å². The van der Waals surface area contributed by atoms with Gasteiger partial charge in [-0.25, -0.2) is 0 Å². The van der Waals surface area contributed by atoms with Crippen LogP contribution >= 0.6 is 11.3 Å². The van der Waals surface area contributed by atoms with Crippen LogP contribution in [0.2, 0.25) is 0 Å². The van der Waals surface area contributed by atoms with Crippen LogP contribution in [0.25, 0.3) is 10.6 Å². The van der Waals surface area contributed by atoms with E-state index in [1.165, 1.54) is 4.31 Å². The van der Waals surface area contributed by atoms with E-state index in [0.717, 1.165) is 16.3 Å². The van der Waals surface area contributed by atoms with E-state index in [1.54, 1.807) is 15.6 Å². The molecule has 2 aromatic heterocycles. The summed E-state index contributed by atoms with van der Waals surface area (Å²) in [5.74, 6) is 0.785. The maximum atomic E-state index is 12.6. The molecular formula is C16H24N4O3S2. The zero-order valence-corrected chi connectivity index (χ0v) is 16.2. The second-order valence-electron chi connectivity index (χ2n) is 5.93. The maximum absolute atomic E-state index is 12.6. The molecule has 0 aliphatic carbocycles. The van der Waals surface area contributed by atoms with Crippen LogP contribution in [0.15, 0.2) is 28.1 Å². The predicted octanol–water partition coefficient (Wildman–Crippen LogP) is 2.11. The van der Waals surface area contributed by atoms with Gasteiger partial charge in [-0.05, 0) is 11.4 Å². The molecule has 1 saturated heterocycles. The summed E-state index contributed by atoms with van der Waals surface area (Å²) in [6.45, 7) is 7.83. The molecule has 1 aliphatic heterocycles. The molecule has 3 heterocycles. The first-order chi connectivity index (χ1) is 12.0. The van der Waals surface area contributed by atoms with Crippen molar-refractivity contribution >= 4 is 21.5 Å². The van der Waals surface area contributed by atoms with Crippen LogP contribution in [0.3, 0.4) is 0 Å². The highest BCUT2D eigenvalue weighted by atomic mass is 32.2. The summed E-state index contributed by atoms with van der Waals surface area (Å²) in [4.78, 5) is 3.28. The molecule has 0 radical (unpaired) electrons. The fraction of sp³-hybridized carbons (Fsp3) is 0.562. The molecule has 0 bridgehead atoms. The van der Waals surface area contributed by atoms with E-state index in [-0.39, 0.29) is 0 Å². The Morgan fingerprint density at radius 1 is 1.24 bits per heavy atom. The number of nitrogens with zero attached hydrogens (tertiary/aromatic N) is 4. The molecule has 0 atom stereocenters. The first-order valence-corrected chi connectivity index (χ1v) is 10.8. The lowest BCUT2D eigenvalue weighted by atomic mass is 10.3. The zero-order valence-electron chi connectivity index (χ0n) is 14.6. The molecule has 1 fully saturated rings. The number of hydrogen-bond donors (Lipinski definition) is 0. The molecule has 2 aromatic rings. The Labute approximate surface area is 153 Å². The van der Waals surface area contributed by atoms with Crippen molar-refractivity contribution in [2.75, 3.05) is 39.3 Å². The summed E-state index contributed by atoms with van der Waals surface area (Å²) in [6.07, 6.45) is 0. The van der Waals surface area contributed by atoms with Crippen LogP contribution in [0.5, 0.6) is 0 Å². The minimum absolute atomic E-state index is 0.503. The summed E-state index contributed by atoms with van der Waals surface area (Å²) < 4.78 is 33.6. The van der Waals surface area contributed by atoms with E-state index in [2.05, 4.69) is 10.1 Å². The lowest BCUT2D eigenvalue weighted by Crippen LogP contribution is -2.52. The van der Waals surface area contributed by atoms with Gasteiger partial charge in [-0.3, -0.25) is 4.90 Å². The first kappa shape index (κ1) is 18.5. The average molecular weight is 385 g/mol. The van der Waals surface area contributed by atoms with E-state index in [9.17, 15) is 8.42 Å². The molecule has 0 saturated carbocycles. The van der Waals surface area contributed by atoms with Crippen LogP contribution in [0, 0.1) is 0 Å². The van der Waals surface area contributed by atoms with Gasteiger partial charge in [0.1, 0.15) is 0 Å². The van der Waals surface area contributed by atoms with Gasteiger partial charge in [0.15, 0.2) is 5.76 Å². The molecule has 138 valence electrons. The van der Waals surface area contributed by atoms with E-state index < -0.39 is 10.2 Å². The van der Waals surface area contributed by atoms with Gasteiger partial charge in [-0.2, -0.15) is 17.0 Å². The standard InChI is InChI=1S/C16H24N4O3S2/c1-3-19(4-2)25(21,22)20-9-7-18(8-10-20)13-14-12-15(23-17-14)16-6-5-11-24-16/h5-6,11-12H,3-4,7-10,13H2,1-2H3. The second-order valence-corrected chi connectivity index (χ2v) is 8.80. The third-order valence-electron chi connectivity index (χ3n) is 4.40. The molecule has 0 N–H and O–H groups in total. The molecule has 25 heavy (non-hydrogen) atoms. The van der Waals surface area contributed by atoms with Crippen LogP contribution in [-0.4, -0.2) is 66.4 Å². The zero-order chi connectivity index (χ0) is 17.9. The highest BCUT2D eigenvalue weighted by Gasteiger charge is 2.30. The Kier molecular flexibility index (Phi) is 5.90. The van der Waals surface area contributed by atoms with E-state index in [0.29, 0.717) is 45.8 Å².